The van der Waals surface area contributed by atoms with Crippen molar-refractivity contribution in [3.63, 3.8) is 0 Å². The molecule has 1 N–H and O–H groups in total. The molecule has 2 aromatic rings. The van der Waals surface area contributed by atoms with E-state index in [0.717, 1.165) is 35.5 Å². The third-order valence-corrected chi connectivity index (χ3v) is 6.08. The lowest BCUT2D eigenvalue weighted by atomic mass is 9.74. The molecular weight excluding hydrogens is 348 g/mol. The zero-order valence-electron chi connectivity index (χ0n) is 14.9. The molecule has 1 spiro atoms. The second kappa shape index (κ2) is 6.84. The van der Waals surface area contributed by atoms with E-state index < -0.39 is 0 Å². The Balaban J connectivity index is 1.39. The number of ether oxygens (including phenoxy) is 1. The number of carbonyl (C=O) groups excluding carboxylic acids is 1. The van der Waals surface area contributed by atoms with Gasteiger partial charge in [-0.2, -0.15) is 0 Å². The van der Waals surface area contributed by atoms with Crippen LogP contribution in [-0.4, -0.2) is 30.6 Å². The number of hydrogen-bond acceptors (Lipinski definition) is 3. The van der Waals surface area contributed by atoms with Gasteiger partial charge in [0.1, 0.15) is 6.61 Å². The highest BCUT2D eigenvalue weighted by atomic mass is 35.5. The molecule has 5 heteroatoms. The summed E-state index contributed by atoms with van der Waals surface area (Å²) in [5, 5.41) is 4.34. The summed E-state index contributed by atoms with van der Waals surface area (Å²) in [4.78, 5) is 14.2. The molecule has 0 aliphatic carbocycles. The first-order chi connectivity index (χ1) is 12.6. The number of aryl methyl sites for hydroxylation is 1. The molecule has 4 nitrogen and oxygen atoms in total. The van der Waals surface area contributed by atoms with Crippen LogP contribution in [-0.2, 0) is 16.8 Å². The maximum absolute atomic E-state index is 12.4. The molecule has 1 amide bonds. The van der Waals surface area contributed by atoms with Gasteiger partial charge in [0.25, 0.3) is 0 Å². The molecule has 0 unspecified atom stereocenters. The van der Waals surface area contributed by atoms with Crippen molar-refractivity contribution >= 4 is 23.4 Å². The van der Waals surface area contributed by atoms with Crippen molar-refractivity contribution in [2.75, 3.05) is 25.0 Å². The Hall–Kier alpha value is -2.20. The number of likely N-dealkylation sites (tertiary alicyclic amines) is 1. The largest absolute Gasteiger partial charge is 0.445 e. The third-order valence-electron chi connectivity index (χ3n) is 5.67. The molecule has 0 radical (unpaired) electrons. The molecule has 0 bridgehead atoms. The predicted octanol–water partition coefficient (Wildman–Crippen LogP) is 4.74. The zero-order chi connectivity index (χ0) is 18.1. The first kappa shape index (κ1) is 17.2. The quantitative estimate of drug-likeness (QED) is 0.829. The number of piperidine rings is 1. The van der Waals surface area contributed by atoms with Gasteiger partial charge in [-0.05, 0) is 48.6 Å². The molecule has 1 fully saturated rings. The van der Waals surface area contributed by atoms with E-state index in [4.69, 9.17) is 16.3 Å². The maximum Gasteiger partial charge on any atom is 0.410 e. The minimum atomic E-state index is -0.225. The van der Waals surface area contributed by atoms with Crippen LogP contribution in [0.1, 0.15) is 29.5 Å². The van der Waals surface area contributed by atoms with Crippen LogP contribution in [0, 0.1) is 6.92 Å². The van der Waals surface area contributed by atoms with Gasteiger partial charge in [0.05, 0.1) is 0 Å². The highest BCUT2D eigenvalue weighted by molar-refractivity contribution is 6.31. The standard InChI is InChI=1S/C21H23ClN2O2/c1-15-11-19-17(12-18(15)22)21(14-23-19)7-9-24(10-8-21)20(25)26-13-16-5-3-2-4-6-16/h2-6,11-12,23H,7-10,13-14H2,1H3. The molecule has 2 aromatic carbocycles. The number of halogens is 1. The first-order valence-electron chi connectivity index (χ1n) is 9.08. The van der Waals surface area contributed by atoms with Crippen molar-refractivity contribution < 1.29 is 9.53 Å². The Kier molecular flexibility index (Phi) is 4.53. The Labute approximate surface area is 159 Å². The van der Waals surface area contributed by atoms with E-state index in [1.165, 1.54) is 11.3 Å². The Morgan fingerprint density at radius 1 is 1.23 bits per heavy atom. The highest BCUT2D eigenvalue weighted by Crippen LogP contribution is 2.45. The molecule has 0 atom stereocenters. The number of nitrogens with zero attached hydrogens (tertiary/aromatic N) is 1. The second-order valence-corrected chi connectivity index (χ2v) is 7.72. The topological polar surface area (TPSA) is 41.6 Å². The van der Waals surface area contributed by atoms with E-state index in [1.807, 2.05) is 42.2 Å². The van der Waals surface area contributed by atoms with Crippen molar-refractivity contribution in [3.05, 3.63) is 64.2 Å². The van der Waals surface area contributed by atoms with E-state index in [2.05, 4.69) is 17.4 Å². The van der Waals surface area contributed by atoms with E-state index in [1.54, 1.807) is 0 Å². The lowest BCUT2D eigenvalue weighted by Crippen LogP contribution is -2.46. The summed E-state index contributed by atoms with van der Waals surface area (Å²) >= 11 is 6.36. The number of rotatable bonds is 2. The normalized spacial score (nSPS) is 17.7. The number of fused-ring (bicyclic) bond motifs is 2. The third kappa shape index (κ3) is 3.14. The predicted molar refractivity (Wildman–Crippen MR) is 104 cm³/mol. The molecule has 2 aliphatic heterocycles. The smallest absolute Gasteiger partial charge is 0.410 e. The van der Waals surface area contributed by atoms with Gasteiger partial charge in [0, 0.05) is 35.8 Å². The van der Waals surface area contributed by atoms with Gasteiger partial charge < -0.3 is 15.0 Å². The number of benzene rings is 2. The van der Waals surface area contributed by atoms with Crippen molar-refractivity contribution in [1.29, 1.82) is 0 Å². The molecule has 4 rings (SSSR count). The van der Waals surface area contributed by atoms with Crippen LogP contribution < -0.4 is 5.32 Å². The maximum atomic E-state index is 12.4. The van der Waals surface area contributed by atoms with Crippen molar-refractivity contribution in [2.45, 2.75) is 31.8 Å². The minimum Gasteiger partial charge on any atom is -0.445 e. The van der Waals surface area contributed by atoms with E-state index in [0.29, 0.717) is 19.7 Å². The van der Waals surface area contributed by atoms with Gasteiger partial charge >= 0.3 is 6.09 Å². The highest BCUT2D eigenvalue weighted by Gasteiger charge is 2.42. The zero-order valence-corrected chi connectivity index (χ0v) is 15.7. The fourth-order valence-electron chi connectivity index (χ4n) is 4.00. The van der Waals surface area contributed by atoms with E-state index >= 15 is 0 Å². The number of carbonyl (C=O) groups is 1. The van der Waals surface area contributed by atoms with Crippen LogP contribution in [0.5, 0.6) is 0 Å². The van der Waals surface area contributed by atoms with Crippen LogP contribution in [0.4, 0.5) is 10.5 Å². The Morgan fingerprint density at radius 2 is 1.96 bits per heavy atom. The molecule has 0 aromatic heterocycles. The van der Waals surface area contributed by atoms with Gasteiger partial charge in [0.15, 0.2) is 0 Å². The average molecular weight is 371 g/mol. The SMILES string of the molecule is Cc1cc2c(cc1Cl)C1(CCN(C(=O)OCc3ccccc3)CC1)CN2. The van der Waals surface area contributed by atoms with E-state index in [-0.39, 0.29) is 11.5 Å². The summed E-state index contributed by atoms with van der Waals surface area (Å²) in [7, 11) is 0. The van der Waals surface area contributed by atoms with Crippen LogP contribution in [0.25, 0.3) is 0 Å². The molecule has 2 aliphatic rings. The van der Waals surface area contributed by atoms with Gasteiger partial charge in [-0.1, -0.05) is 41.9 Å². The molecule has 0 saturated carbocycles. The number of anilines is 1. The van der Waals surface area contributed by atoms with Gasteiger partial charge in [-0.3, -0.25) is 0 Å². The Bertz CT molecular complexity index is 814. The molecule has 26 heavy (non-hydrogen) atoms. The lowest BCUT2D eigenvalue weighted by molar-refractivity contribution is 0.0794. The molecule has 136 valence electrons. The van der Waals surface area contributed by atoms with Gasteiger partial charge in [-0.15, -0.1) is 0 Å². The summed E-state index contributed by atoms with van der Waals surface area (Å²) in [6, 6.07) is 14.0. The monoisotopic (exact) mass is 370 g/mol. The lowest BCUT2D eigenvalue weighted by Gasteiger charge is -2.39. The van der Waals surface area contributed by atoms with Crippen molar-refractivity contribution in [1.82, 2.24) is 4.90 Å². The molecule has 2 heterocycles. The second-order valence-electron chi connectivity index (χ2n) is 7.31. The summed E-state index contributed by atoms with van der Waals surface area (Å²) in [5.41, 5.74) is 4.66. The number of amides is 1. The molecular formula is C21H23ClN2O2. The number of nitrogens with one attached hydrogen (secondary N) is 1. The van der Waals surface area contributed by atoms with Crippen LogP contribution in [0.3, 0.4) is 0 Å². The Morgan fingerprint density at radius 3 is 2.69 bits per heavy atom. The van der Waals surface area contributed by atoms with Crippen molar-refractivity contribution in [3.8, 4) is 0 Å². The summed E-state index contributed by atoms with van der Waals surface area (Å²) in [6.45, 7) is 4.68. The first-order valence-corrected chi connectivity index (χ1v) is 9.45. The summed E-state index contributed by atoms with van der Waals surface area (Å²) in [5.74, 6) is 0. The average Bonchev–Trinajstić information content (AvgIpc) is 2.99. The molecule has 1 saturated heterocycles. The van der Waals surface area contributed by atoms with E-state index in [9.17, 15) is 4.79 Å². The van der Waals surface area contributed by atoms with Crippen LogP contribution in [0.15, 0.2) is 42.5 Å². The van der Waals surface area contributed by atoms with Crippen LogP contribution >= 0.6 is 11.6 Å². The van der Waals surface area contributed by atoms with Gasteiger partial charge in [-0.25, -0.2) is 4.79 Å². The fraction of sp³-hybridized carbons (Fsp3) is 0.381. The fourth-order valence-corrected chi connectivity index (χ4v) is 4.16. The minimum absolute atomic E-state index is 0.0723. The van der Waals surface area contributed by atoms with Crippen molar-refractivity contribution in [2.24, 2.45) is 0 Å². The summed E-state index contributed by atoms with van der Waals surface area (Å²) < 4.78 is 5.47. The van der Waals surface area contributed by atoms with Gasteiger partial charge in [0.2, 0.25) is 0 Å². The number of hydrogen-bond donors (Lipinski definition) is 1. The summed E-state index contributed by atoms with van der Waals surface area (Å²) in [6.07, 6.45) is 1.62. The van der Waals surface area contributed by atoms with Crippen LogP contribution in [0.2, 0.25) is 5.02 Å².